The largest absolute Gasteiger partial charge is 0.459 e. The van der Waals surface area contributed by atoms with E-state index in [4.69, 9.17) is 4.42 Å². The lowest BCUT2D eigenvalue weighted by Gasteiger charge is -2.04. The molecule has 1 aromatic carbocycles. The van der Waals surface area contributed by atoms with Crippen LogP contribution in [0.15, 0.2) is 59.3 Å². The molecule has 0 saturated carbocycles. The summed E-state index contributed by atoms with van der Waals surface area (Å²) >= 11 is 0. The van der Waals surface area contributed by atoms with Crippen molar-refractivity contribution in [1.82, 2.24) is 10.3 Å². The molecule has 0 radical (unpaired) electrons. The molecule has 2 heterocycles. The molecule has 0 aliphatic heterocycles. The van der Waals surface area contributed by atoms with Gasteiger partial charge in [-0.1, -0.05) is 18.2 Å². The summed E-state index contributed by atoms with van der Waals surface area (Å²) in [5.74, 6) is 0.0897. The van der Waals surface area contributed by atoms with E-state index in [1.165, 1.54) is 6.26 Å². The Labute approximate surface area is 110 Å². The number of rotatable bonds is 3. The van der Waals surface area contributed by atoms with E-state index in [0.717, 1.165) is 16.5 Å². The normalized spacial score (nSPS) is 10.5. The van der Waals surface area contributed by atoms with Gasteiger partial charge in [-0.2, -0.15) is 0 Å². The molecular formula is C15H12N2O2. The second kappa shape index (κ2) is 4.94. The first-order chi connectivity index (χ1) is 9.33. The Balaban J connectivity index is 1.73. The van der Waals surface area contributed by atoms with Crippen LogP contribution in [0.2, 0.25) is 0 Å². The maximum absolute atomic E-state index is 11.7. The van der Waals surface area contributed by atoms with E-state index in [1.807, 2.05) is 30.3 Å². The van der Waals surface area contributed by atoms with Crippen molar-refractivity contribution in [1.29, 1.82) is 0 Å². The topological polar surface area (TPSA) is 55.1 Å². The Bertz CT molecular complexity index is 705. The van der Waals surface area contributed by atoms with Gasteiger partial charge in [0.05, 0.1) is 11.8 Å². The average Bonchev–Trinajstić information content (AvgIpc) is 2.99. The fourth-order valence-corrected chi connectivity index (χ4v) is 1.89. The predicted octanol–water partition coefficient (Wildman–Crippen LogP) is 2.76. The van der Waals surface area contributed by atoms with Gasteiger partial charge in [-0.05, 0) is 29.8 Å². The van der Waals surface area contributed by atoms with Gasteiger partial charge in [0.2, 0.25) is 0 Å². The maximum Gasteiger partial charge on any atom is 0.287 e. The smallest absolute Gasteiger partial charge is 0.287 e. The molecule has 0 spiro atoms. The number of nitrogens with one attached hydrogen (secondary N) is 1. The van der Waals surface area contributed by atoms with Crippen molar-refractivity contribution in [3.63, 3.8) is 0 Å². The van der Waals surface area contributed by atoms with Crippen molar-refractivity contribution in [3.05, 3.63) is 66.2 Å². The molecule has 0 saturated heterocycles. The van der Waals surface area contributed by atoms with E-state index in [9.17, 15) is 4.79 Å². The highest BCUT2D eigenvalue weighted by Gasteiger charge is 2.07. The maximum atomic E-state index is 11.7. The molecule has 4 nitrogen and oxygen atoms in total. The van der Waals surface area contributed by atoms with Gasteiger partial charge in [-0.3, -0.25) is 9.78 Å². The lowest BCUT2D eigenvalue weighted by molar-refractivity contribution is 0.0923. The van der Waals surface area contributed by atoms with Crippen LogP contribution >= 0.6 is 0 Å². The number of aromatic nitrogens is 1. The molecule has 0 atom stereocenters. The van der Waals surface area contributed by atoms with Gasteiger partial charge in [0.25, 0.3) is 5.91 Å². The van der Waals surface area contributed by atoms with Crippen molar-refractivity contribution < 1.29 is 9.21 Å². The van der Waals surface area contributed by atoms with Crippen molar-refractivity contribution in [2.75, 3.05) is 0 Å². The number of carbonyl (C=O) groups excluding carboxylic acids is 1. The minimum atomic E-state index is -0.224. The molecule has 0 fully saturated rings. The van der Waals surface area contributed by atoms with Crippen LogP contribution in [-0.4, -0.2) is 10.9 Å². The van der Waals surface area contributed by atoms with Crippen LogP contribution in [-0.2, 0) is 6.54 Å². The van der Waals surface area contributed by atoms with E-state index in [-0.39, 0.29) is 5.91 Å². The number of fused-ring (bicyclic) bond motifs is 1. The van der Waals surface area contributed by atoms with Crippen molar-refractivity contribution in [2.24, 2.45) is 0 Å². The van der Waals surface area contributed by atoms with Crippen molar-refractivity contribution >= 4 is 16.8 Å². The van der Waals surface area contributed by atoms with Crippen LogP contribution in [0, 0.1) is 0 Å². The van der Waals surface area contributed by atoms with Gasteiger partial charge < -0.3 is 9.73 Å². The third-order valence-electron chi connectivity index (χ3n) is 2.85. The molecule has 1 amide bonds. The fraction of sp³-hybridized carbons (Fsp3) is 0.0667. The molecular weight excluding hydrogens is 240 g/mol. The highest BCUT2D eigenvalue weighted by Crippen LogP contribution is 2.12. The highest BCUT2D eigenvalue weighted by molar-refractivity contribution is 5.91. The molecule has 0 aliphatic rings. The minimum Gasteiger partial charge on any atom is -0.459 e. The zero-order valence-corrected chi connectivity index (χ0v) is 10.2. The number of carbonyl (C=O) groups is 1. The number of nitrogens with zero attached hydrogens (tertiary/aromatic N) is 1. The van der Waals surface area contributed by atoms with Gasteiger partial charge in [-0.25, -0.2) is 0 Å². The summed E-state index contributed by atoms with van der Waals surface area (Å²) in [6, 6.07) is 13.2. The van der Waals surface area contributed by atoms with Crippen molar-refractivity contribution in [3.8, 4) is 0 Å². The number of hydrogen-bond acceptors (Lipinski definition) is 3. The molecule has 3 aromatic rings. The van der Waals surface area contributed by atoms with Gasteiger partial charge >= 0.3 is 0 Å². The summed E-state index contributed by atoms with van der Waals surface area (Å²) in [4.78, 5) is 16.1. The first-order valence-electron chi connectivity index (χ1n) is 5.98. The summed E-state index contributed by atoms with van der Waals surface area (Å²) in [5.41, 5.74) is 1.90. The molecule has 3 rings (SSSR count). The third-order valence-corrected chi connectivity index (χ3v) is 2.85. The van der Waals surface area contributed by atoms with E-state index in [1.54, 1.807) is 18.3 Å². The predicted molar refractivity (Wildman–Crippen MR) is 71.6 cm³/mol. The number of benzene rings is 1. The zero-order chi connectivity index (χ0) is 13.1. The van der Waals surface area contributed by atoms with Crippen LogP contribution in [0.4, 0.5) is 0 Å². The monoisotopic (exact) mass is 252 g/mol. The Morgan fingerprint density at radius 3 is 2.95 bits per heavy atom. The van der Waals surface area contributed by atoms with Gasteiger partial charge in [0.15, 0.2) is 5.76 Å². The van der Waals surface area contributed by atoms with E-state index < -0.39 is 0 Å². The molecule has 0 unspecified atom stereocenters. The molecule has 1 N–H and O–H groups in total. The Morgan fingerprint density at radius 1 is 1.21 bits per heavy atom. The van der Waals surface area contributed by atoms with Gasteiger partial charge in [0, 0.05) is 18.1 Å². The number of pyridine rings is 1. The van der Waals surface area contributed by atoms with Crippen LogP contribution in [0.1, 0.15) is 16.1 Å². The first-order valence-corrected chi connectivity index (χ1v) is 5.98. The summed E-state index contributed by atoms with van der Waals surface area (Å²) in [6.45, 7) is 0.428. The average molecular weight is 252 g/mol. The Hall–Kier alpha value is -2.62. The van der Waals surface area contributed by atoms with Gasteiger partial charge in [-0.15, -0.1) is 0 Å². The van der Waals surface area contributed by atoms with Crippen molar-refractivity contribution in [2.45, 2.75) is 6.54 Å². The number of hydrogen-bond donors (Lipinski definition) is 1. The van der Waals surface area contributed by atoms with E-state index in [0.29, 0.717) is 12.3 Å². The highest BCUT2D eigenvalue weighted by atomic mass is 16.3. The third kappa shape index (κ3) is 2.47. The lowest BCUT2D eigenvalue weighted by atomic mass is 10.1. The minimum absolute atomic E-state index is 0.224. The Kier molecular flexibility index (Phi) is 2.98. The second-order valence-corrected chi connectivity index (χ2v) is 4.20. The van der Waals surface area contributed by atoms with Gasteiger partial charge in [0.1, 0.15) is 0 Å². The zero-order valence-electron chi connectivity index (χ0n) is 10.2. The summed E-state index contributed by atoms with van der Waals surface area (Å²) in [7, 11) is 0. The Morgan fingerprint density at radius 2 is 2.11 bits per heavy atom. The summed E-state index contributed by atoms with van der Waals surface area (Å²) in [6.07, 6.45) is 3.25. The summed E-state index contributed by atoms with van der Waals surface area (Å²) in [5, 5.41) is 3.86. The summed E-state index contributed by atoms with van der Waals surface area (Å²) < 4.78 is 5.03. The van der Waals surface area contributed by atoms with Crippen LogP contribution in [0.5, 0.6) is 0 Å². The SMILES string of the molecule is O=C(NCc1cnc2ccccc2c1)c1ccco1. The van der Waals surface area contributed by atoms with E-state index in [2.05, 4.69) is 10.3 Å². The number of amides is 1. The number of para-hydroxylation sites is 1. The molecule has 4 heteroatoms. The number of furan rings is 1. The lowest BCUT2D eigenvalue weighted by Crippen LogP contribution is -2.22. The van der Waals surface area contributed by atoms with Crippen LogP contribution in [0.25, 0.3) is 10.9 Å². The molecule has 0 bridgehead atoms. The quantitative estimate of drug-likeness (QED) is 0.779. The fourth-order valence-electron chi connectivity index (χ4n) is 1.89. The van der Waals surface area contributed by atoms with Crippen LogP contribution in [0.3, 0.4) is 0 Å². The molecule has 19 heavy (non-hydrogen) atoms. The molecule has 94 valence electrons. The molecule has 0 aliphatic carbocycles. The van der Waals surface area contributed by atoms with Crippen LogP contribution < -0.4 is 5.32 Å². The molecule has 2 aromatic heterocycles. The van der Waals surface area contributed by atoms with E-state index >= 15 is 0 Å². The standard InChI is InChI=1S/C15H12N2O2/c18-15(14-6-3-7-19-14)17-10-11-8-12-4-1-2-5-13(12)16-9-11/h1-9H,10H2,(H,17,18). The second-order valence-electron chi connectivity index (χ2n) is 4.20. The first kappa shape index (κ1) is 11.5.